The lowest BCUT2D eigenvalue weighted by Crippen LogP contribution is -2.53. The molecule has 2 rings (SSSR count). The molecular formula is C15H30N2O. The Labute approximate surface area is 112 Å². The van der Waals surface area contributed by atoms with Crippen LogP contribution in [0.25, 0.3) is 0 Å². The van der Waals surface area contributed by atoms with Gasteiger partial charge < -0.3 is 10.0 Å². The van der Waals surface area contributed by atoms with Gasteiger partial charge in [0.25, 0.3) is 0 Å². The van der Waals surface area contributed by atoms with Crippen molar-refractivity contribution in [3.05, 3.63) is 0 Å². The van der Waals surface area contributed by atoms with E-state index in [0.29, 0.717) is 5.54 Å². The van der Waals surface area contributed by atoms with Crippen LogP contribution in [0, 0.1) is 0 Å². The zero-order valence-electron chi connectivity index (χ0n) is 12.6. The van der Waals surface area contributed by atoms with Crippen molar-refractivity contribution in [2.24, 2.45) is 0 Å². The Morgan fingerprint density at radius 2 is 1.50 bits per heavy atom. The minimum Gasteiger partial charge on any atom is -0.390 e. The summed E-state index contributed by atoms with van der Waals surface area (Å²) in [5.41, 5.74) is -0.0981. The molecular weight excluding hydrogens is 224 g/mol. The Hall–Kier alpha value is -0.120. The van der Waals surface area contributed by atoms with Crippen LogP contribution < -0.4 is 0 Å². The molecule has 0 atom stereocenters. The van der Waals surface area contributed by atoms with E-state index in [4.69, 9.17) is 0 Å². The average molecular weight is 254 g/mol. The number of likely N-dealkylation sites (tertiary alicyclic amines) is 2. The lowest BCUT2D eigenvalue weighted by molar-refractivity contribution is -0.0290. The highest BCUT2D eigenvalue weighted by Crippen LogP contribution is 2.28. The van der Waals surface area contributed by atoms with Crippen LogP contribution in [-0.2, 0) is 0 Å². The molecule has 0 aromatic heterocycles. The van der Waals surface area contributed by atoms with E-state index in [2.05, 4.69) is 30.6 Å². The van der Waals surface area contributed by atoms with Gasteiger partial charge in [0.1, 0.15) is 0 Å². The minimum absolute atomic E-state index is 0.316. The average Bonchev–Trinajstić information content (AvgIpc) is 2.28. The van der Waals surface area contributed by atoms with Crippen LogP contribution in [0.1, 0.15) is 53.4 Å². The van der Waals surface area contributed by atoms with Gasteiger partial charge in [-0.15, -0.1) is 0 Å². The van der Waals surface area contributed by atoms with Crippen molar-refractivity contribution in [2.75, 3.05) is 26.2 Å². The fourth-order valence-corrected chi connectivity index (χ4v) is 3.27. The van der Waals surface area contributed by atoms with Crippen molar-refractivity contribution < 1.29 is 5.11 Å². The molecule has 3 nitrogen and oxygen atoms in total. The standard InChI is InChI=1S/C15H30N2O/c1-14(2,3)17-9-5-13(6-10-17)16-11-7-15(4,18)8-12-16/h13,18H,5-12H2,1-4H3. The van der Waals surface area contributed by atoms with Crippen LogP contribution in [0.3, 0.4) is 0 Å². The van der Waals surface area contributed by atoms with Crippen molar-refractivity contribution >= 4 is 0 Å². The summed E-state index contributed by atoms with van der Waals surface area (Å²) in [6, 6.07) is 0.750. The van der Waals surface area contributed by atoms with Gasteiger partial charge in [-0.25, -0.2) is 0 Å². The molecule has 0 unspecified atom stereocenters. The number of hydrogen-bond acceptors (Lipinski definition) is 3. The third kappa shape index (κ3) is 3.46. The maximum Gasteiger partial charge on any atom is 0.0644 e. The molecule has 1 N–H and O–H groups in total. The van der Waals surface area contributed by atoms with Gasteiger partial charge in [0.15, 0.2) is 0 Å². The third-order valence-electron chi connectivity index (χ3n) is 4.80. The second kappa shape index (κ2) is 5.10. The zero-order valence-corrected chi connectivity index (χ0v) is 12.6. The predicted molar refractivity (Wildman–Crippen MR) is 75.8 cm³/mol. The van der Waals surface area contributed by atoms with E-state index in [1.54, 1.807) is 0 Å². The van der Waals surface area contributed by atoms with E-state index in [9.17, 15) is 5.11 Å². The highest BCUT2D eigenvalue weighted by molar-refractivity contribution is 4.89. The SMILES string of the molecule is CC1(O)CCN(C2CCN(C(C)(C)C)CC2)CC1. The van der Waals surface area contributed by atoms with Gasteiger partial charge in [0.05, 0.1) is 5.60 Å². The molecule has 2 saturated heterocycles. The first kappa shape index (κ1) is 14.3. The Balaban J connectivity index is 1.80. The quantitative estimate of drug-likeness (QED) is 0.776. The van der Waals surface area contributed by atoms with Gasteiger partial charge in [-0.2, -0.15) is 0 Å². The normalized spacial score (nSPS) is 28.5. The van der Waals surface area contributed by atoms with E-state index < -0.39 is 5.60 Å². The molecule has 0 spiro atoms. The molecule has 0 aromatic carbocycles. The first-order valence-electron chi connectivity index (χ1n) is 7.49. The Bertz CT molecular complexity index is 265. The van der Waals surface area contributed by atoms with Crippen LogP contribution in [0.2, 0.25) is 0 Å². The predicted octanol–water partition coefficient (Wildman–Crippen LogP) is 2.10. The molecule has 2 heterocycles. The topological polar surface area (TPSA) is 26.7 Å². The number of aliphatic hydroxyl groups is 1. The molecule has 0 aliphatic carbocycles. The van der Waals surface area contributed by atoms with Crippen molar-refractivity contribution in [3.8, 4) is 0 Å². The Kier molecular flexibility index (Phi) is 4.05. The van der Waals surface area contributed by atoms with E-state index in [0.717, 1.165) is 32.0 Å². The number of piperidine rings is 2. The highest BCUT2D eigenvalue weighted by atomic mass is 16.3. The molecule has 0 bridgehead atoms. The molecule has 2 fully saturated rings. The van der Waals surface area contributed by atoms with Crippen molar-refractivity contribution in [2.45, 2.75) is 70.6 Å². The molecule has 0 amide bonds. The Morgan fingerprint density at radius 3 is 1.94 bits per heavy atom. The smallest absolute Gasteiger partial charge is 0.0644 e. The molecule has 106 valence electrons. The second-order valence-corrected chi connectivity index (χ2v) is 7.42. The third-order valence-corrected chi connectivity index (χ3v) is 4.80. The molecule has 2 aliphatic rings. The maximum atomic E-state index is 10.0. The van der Waals surface area contributed by atoms with Crippen LogP contribution in [-0.4, -0.2) is 58.3 Å². The lowest BCUT2D eigenvalue weighted by atomic mass is 9.90. The van der Waals surface area contributed by atoms with Crippen LogP contribution in [0.5, 0.6) is 0 Å². The summed E-state index contributed by atoms with van der Waals surface area (Å²) in [5, 5.41) is 10.0. The summed E-state index contributed by atoms with van der Waals surface area (Å²) < 4.78 is 0. The summed E-state index contributed by atoms with van der Waals surface area (Å²) >= 11 is 0. The lowest BCUT2D eigenvalue weighted by Gasteiger charge is -2.46. The summed E-state index contributed by atoms with van der Waals surface area (Å²) in [4.78, 5) is 5.21. The summed E-state index contributed by atoms with van der Waals surface area (Å²) in [6.07, 6.45) is 4.46. The van der Waals surface area contributed by atoms with Gasteiger partial charge >= 0.3 is 0 Å². The van der Waals surface area contributed by atoms with E-state index in [1.165, 1.54) is 25.9 Å². The van der Waals surface area contributed by atoms with Crippen LogP contribution >= 0.6 is 0 Å². The first-order valence-corrected chi connectivity index (χ1v) is 7.49. The number of nitrogens with zero attached hydrogens (tertiary/aromatic N) is 2. The summed E-state index contributed by atoms with van der Waals surface area (Å²) in [7, 11) is 0. The minimum atomic E-state index is -0.414. The molecule has 0 saturated carbocycles. The summed E-state index contributed by atoms with van der Waals surface area (Å²) in [5.74, 6) is 0. The number of hydrogen-bond donors (Lipinski definition) is 1. The number of rotatable bonds is 1. The second-order valence-electron chi connectivity index (χ2n) is 7.42. The van der Waals surface area contributed by atoms with Crippen molar-refractivity contribution in [1.82, 2.24) is 9.80 Å². The fourth-order valence-electron chi connectivity index (χ4n) is 3.27. The van der Waals surface area contributed by atoms with Crippen LogP contribution in [0.15, 0.2) is 0 Å². The Morgan fingerprint density at radius 1 is 1.00 bits per heavy atom. The van der Waals surface area contributed by atoms with Gasteiger partial charge in [-0.05, 0) is 53.4 Å². The molecule has 0 radical (unpaired) electrons. The molecule has 2 aliphatic heterocycles. The van der Waals surface area contributed by atoms with Gasteiger partial charge in [0.2, 0.25) is 0 Å². The first-order chi connectivity index (χ1) is 8.28. The maximum absolute atomic E-state index is 10.0. The largest absolute Gasteiger partial charge is 0.390 e. The van der Waals surface area contributed by atoms with E-state index in [1.807, 2.05) is 6.92 Å². The van der Waals surface area contributed by atoms with Crippen LogP contribution in [0.4, 0.5) is 0 Å². The van der Waals surface area contributed by atoms with Crippen molar-refractivity contribution in [3.63, 3.8) is 0 Å². The fraction of sp³-hybridized carbons (Fsp3) is 1.00. The summed E-state index contributed by atoms with van der Waals surface area (Å²) in [6.45, 7) is 13.5. The van der Waals surface area contributed by atoms with E-state index in [-0.39, 0.29) is 0 Å². The van der Waals surface area contributed by atoms with Gasteiger partial charge in [0, 0.05) is 37.8 Å². The zero-order chi connectivity index (χ0) is 13.4. The van der Waals surface area contributed by atoms with Crippen molar-refractivity contribution in [1.29, 1.82) is 0 Å². The molecule has 0 aromatic rings. The van der Waals surface area contributed by atoms with Gasteiger partial charge in [-0.3, -0.25) is 4.90 Å². The molecule has 3 heteroatoms. The highest BCUT2D eigenvalue weighted by Gasteiger charge is 2.34. The monoisotopic (exact) mass is 254 g/mol. The van der Waals surface area contributed by atoms with E-state index >= 15 is 0 Å². The van der Waals surface area contributed by atoms with Gasteiger partial charge in [-0.1, -0.05) is 0 Å². The molecule has 18 heavy (non-hydrogen) atoms.